The van der Waals surface area contributed by atoms with Gasteiger partial charge in [-0.2, -0.15) is 0 Å². The second-order valence-electron chi connectivity index (χ2n) is 4.56. The quantitative estimate of drug-likeness (QED) is 0.669. The molecule has 1 aliphatic heterocycles. The van der Waals surface area contributed by atoms with Crippen LogP contribution in [0.25, 0.3) is 0 Å². The van der Waals surface area contributed by atoms with Gasteiger partial charge < -0.3 is 10.0 Å². The minimum atomic E-state index is -0.936. The average Bonchev–Trinajstić information content (AvgIpc) is 2.70. The van der Waals surface area contributed by atoms with E-state index in [1.807, 2.05) is 0 Å². The Morgan fingerprint density at radius 1 is 1.58 bits per heavy atom. The third kappa shape index (κ3) is 2.35. The number of nitrogens with zero attached hydrogens (tertiary/aromatic N) is 2. The Bertz CT molecular complexity index is 534. The third-order valence-electron chi connectivity index (χ3n) is 3.52. The second kappa shape index (κ2) is 4.83. The molecule has 1 saturated heterocycles. The van der Waals surface area contributed by atoms with E-state index < -0.39 is 28.7 Å². The number of rotatable bonds is 3. The van der Waals surface area contributed by atoms with Gasteiger partial charge in [0.1, 0.15) is 11.5 Å². The van der Waals surface area contributed by atoms with E-state index in [0.717, 1.165) is 18.2 Å². The van der Waals surface area contributed by atoms with E-state index in [1.165, 1.54) is 0 Å². The van der Waals surface area contributed by atoms with Crippen molar-refractivity contribution >= 4 is 17.3 Å². The first-order valence-electron chi connectivity index (χ1n) is 5.85. The fourth-order valence-corrected chi connectivity index (χ4v) is 2.49. The number of aliphatic carboxylic acids is 1. The molecule has 2 rings (SSSR count). The molecule has 0 radical (unpaired) electrons. The van der Waals surface area contributed by atoms with Crippen molar-refractivity contribution in [1.29, 1.82) is 0 Å². The van der Waals surface area contributed by atoms with Gasteiger partial charge in [0.2, 0.25) is 0 Å². The number of nitro groups is 1. The predicted octanol–water partition coefficient (Wildman–Crippen LogP) is 2.03. The van der Waals surface area contributed by atoms with Crippen LogP contribution in [0.3, 0.4) is 0 Å². The van der Waals surface area contributed by atoms with Crippen molar-refractivity contribution < 1.29 is 19.2 Å². The molecule has 1 aromatic rings. The first-order chi connectivity index (χ1) is 8.91. The van der Waals surface area contributed by atoms with Crippen molar-refractivity contribution in [2.45, 2.75) is 19.4 Å². The van der Waals surface area contributed by atoms with Crippen LogP contribution >= 0.6 is 0 Å². The van der Waals surface area contributed by atoms with Gasteiger partial charge in [-0.1, -0.05) is 0 Å². The Morgan fingerprint density at radius 3 is 2.79 bits per heavy atom. The lowest BCUT2D eigenvalue weighted by Crippen LogP contribution is -2.33. The molecule has 0 bridgehead atoms. The second-order valence-corrected chi connectivity index (χ2v) is 4.56. The third-order valence-corrected chi connectivity index (χ3v) is 3.52. The first-order valence-corrected chi connectivity index (χ1v) is 5.85. The zero-order valence-electron chi connectivity index (χ0n) is 10.2. The van der Waals surface area contributed by atoms with Crippen molar-refractivity contribution in [3.05, 3.63) is 34.1 Å². The predicted molar refractivity (Wildman–Crippen MR) is 65.6 cm³/mol. The van der Waals surface area contributed by atoms with Gasteiger partial charge in [-0.25, -0.2) is 4.39 Å². The van der Waals surface area contributed by atoms with Crippen LogP contribution in [0.2, 0.25) is 0 Å². The fraction of sp³-hybridized carbons (Fsp3) is 0.417. The largest absolute Gasteiger partial charge is 0.481 e. The number of carboxylic acids is 1. The highest BCUT2D eigenvalue weighted by atomic mass is 19.1. The molecular formula is C12H13FN2O4. The van der Waals surface area contributed by atoms with Gasteiger partial charge >= 0.3 is 5.97 Å². The summed E-state index contributed by atoms with van der Waals surface area (Å²) in [7, 11) is 0. The summed E-state index contributed by atoms with van der Waals surface area (Å²) >= 11 is 0. The van der Waals surface area contributed by atoms with Crippen LogP contribution in [0.15, 0.2) is 18.2 Å². The maximum absolute atomic E-state index is 13.3. The van der Waals surface area contributed by atoms with Crippen LogP contribution in [-0.4, -0.2) is 28.6 Å². The highest BCUT2D eigenvalue weighted by Gasteiger charge is 2.38. The van der Waals surface area contributed by atoms with Crippen LogP contribution in [0.4, 0.5) is 15.8 Å². The number of carboxylic acid groups (broad SMARTS) is 1. The molecule has 1 N–H and O–H groups in total. The lowest BCUT2D eigenvalue weighted by atomic mass is 10.0. The number of halogens is 1. The van der Waals surface area contributed by atoms with Gasteiger partial charge in [0.15, 0.2) is 0 Å². The summed E-state index contributed by atoms with van der Waals surface area (Å²) in [5.41, 5.74) is -0.0689. The van der Waals surface area contributed by atoms with E-state index in [0.29, 0.717) is 13.0 Å². The SMILES string of the molecule is CC1C(C(=O)O)CCN1c1cc(F)ccc1[N+](=O)[O-]. The Balaban J connectivity index is 2.40. The highest BCUT2D eigenvalue weighted by Crippen LogP contribution is 2.36. The molecule has 1 aromatic carbocycles. The number of hydrogen-bond acceptors (Lipinski definition) is 4. The maximum Gasteiger partial charge on any atom is 0.308 e. The van der Waals surface area contributed by atoms with Crippen LogP contribution in [0.1, 0.15) is 13.3 Å². The summed E-state index contributed by atoms with van der Waals surface area (Å²) in [5.74, 6) is -2.11. The van der Waals surface area contributed by atoms with Crippen molar-refractivity contribution in [3.8, 4) is 0 Å². The van der Waals surface area contributed by atoms with E-state index in [4.69, 9.17) is 5.11 Å². The van der Waals surface area contributed by atoms with Crippen molar-refractivity contribution in [2.24, 2.45) is 5.92 Å². The number of benzene rings is 1. The lowest BCUT2D eigenvalue weighted by Gasteiger charge is -2.25. The topological polar surface area (TPSA) is 83.7 Å². The van der Waals surface area contributed by atoms with Crippen LogP contribution in [0.5, 0.6) is 0 Å². The summed E-state index contributed by atoms with van der Waals surface area (Å²) in [4.78, 5) is 23.0. The Morgan fingerprint density at radius 2 is 2.26 bits per heavy atom. The van der Waals surface area contributed by atoms with Gasteiger partial charge in [0.05, 0.1) is 10.8 Å². The molecule has 0 amide bonds. The summed E-state index contributed by atoms with van der Waals surface area (Å²) < 4.78 is 13.3. The Kier molecular flexibility index (Phi) is 3.37. The van der Waals surface area contributed by atoms with Gasteiger partial charge in [0.25, 0.3) is 5.69 Å². The van der Waals surface area contributed by atoms with Gasteiger partial charge in [-0.3, -0.25) is 14.9 Å². The molecule has 2 atom stereocenters. The molecule has 0 aliphatic carbocycles. The van der Waals surface area contributed by atoms with Crippen LogP contribution in [-0.2, 0) is 4.79 Å². The van der Waals surface area contributed by atoms with Crippen molar-refractivity contribution in [2.75, 3.05) is 11.4 Å². The molecule has 6 nitrogen and oxygen atoms in total. The van der Waals surface area contributed by atoms with E-state index in [9.17, 15) is 19.3 Å². The van der Waals surface area contributed by atoms with E-state index in [1.54, 1.807) is 11.8 Å². The molecule has 2 unspecified atom stereocenters. The molecule has 102 valence electrons. The van der Waals surface area contributed by atoms with Crippen LogP contribution in [0, 0.1) is 21.8 Å². The maximum atomic E-state index is 13.3. The first kappa shape index (κ1) is 13.3. The normalized spacial score (nSPS) is 22.5. The van der Waals surface area contributed by atoms with Crippen LogP contribution < -0.4 is 4.90 Å². The highest BCUT2D eigenvalue weighted by molar-refractivity contribution is 5.74. The molecule has 19 heavy (non-hydrogen) atoms. The van der Waals surface area contributed by atoms with Gasteiger partial charge in [-0.15, -0.1) is 0 Å². The molecule has 0 spiro atoms. The monoisotopic (exact) mass is 268 g/mol. The fourth-order valence-electron chi connectivity index (χ4n) is 2.49. The molecule has 0 saturated carbocycles. The molecule has 1 heterocycles. The summed E-state index contributed by atoms with van der Waals surface area (Å²) in [6.45, 7) is 2.04. The van der Waals surface area contributed by atoms with E-state index in [-0.39, 0.29) is 11.4 Å². The number of hydrogen-bond donors (Lipinski definition) is 1. The van der Waals surface area contributed by atoms with Gasteiger partial charge in [-0.05, 0) is 19.4 Å². The zero-order chi connectivity index (χ0) is 14.2. The minimum Gasteiger partial charge on any atom is -0.481 e. The van der Waals surface area contributed by atoms with E-state index >= 15 is 0 Å². The van der Waals surface area contributed by atoms with Crippen molar-refractivity contribution in [3.63, 3.8) is 0 Å². The summed E-state index contributed by atoms with van der Waals surface area (Å²) in [6.07, 6.45) is 0.393. The Hall–Kier alpha value is -2.18. The smallest absolute Gasteiger partial charge is 0.308 e. The average molecular weight is 268 g/mol. The molecule has 1 aliphatic rings. The number of nitro benzene ring substituents is 1. The number of anilines is 1. The molecule has 7 heteroatoms. The minimum absolute atomic E-state index is 0.140. The van der Waals surface area contributed by atoms with Crippen molar-refractivity contribution in [1.82, 2.24) is 0 Å². The van der Waals surface area contributed by atoms with Gasteiger partial charge in [0, 0.05) is 24.7 Å². The summed E-state index contributed by atoms with van der Waals surface area (Å²) in [6, 6.07) is 2.81. The molecule has 0 aromatic heterocycles. The number of carbonyl (C=O) groups is 1. The molecular weight excluding hydrogens is 255 g/mol. The summed E-state index contributed by atoms with van der Waals surface area (Å²) in [5, 5.41) is 20.0. The molecule has 1 fully saturated rings. The zero-order valence-corrected chi connectivity index (χ0v) is 10.2. The lowest BCUT2D eigenvalue weighted by molar-refractivity contribution is -0.384. The van der Waals surface area contributed by atoms with E-state index in [2.05, 4.69) is 0 Å². The Labute approximate surface area is 108 Å². The standard InChI is InChI=1S/C12H13FN2O4/c1-7-9(12(16)17)4-5-14(7)11-6-8(13)2-3-10(11)15(18)19/h2-3,6-7,9H,4-5H2,1H3,(H,16,17).